The van der Waals surface area contributed by atoms with Gasteiger partial charge in [0.05, 0.1) is 11.9 Å². The fourth-order valence-corrected chi connectivity index (χ4v) is 7.90. The molecule has 5 heterocycles. The van der Waals surface area contributed by atoms with E-state index in [-0.39, 0.29) is 18.2 Å². The van der Waals surface area contributed by atoms with Gasteiger partial charge in [-0.3, -0.25) is 0 Å². The molecule has 4 aliphatic heterocycles. The molecule has 0 fully saturated rings. The highest BCUT2D eigenvalue weighted by Crippen LogP contribution is 2.56. The second kappa shape index (κ2) is 9.42. The maximum Gasteiger partial charge on any atom is 0.162 e. The van der Waals surface area contributed by atoms with Crippen molar-refractivity contribution >= 4 is 34.4 Å². The Labute approximate surface area is 251 Å². The van der Waals surface area contributed by atoms with Crippen LogP contribution in [0.25, 0.3) is 0 Å². The lowest BCUT2D eigenvalue weighted by Crippen LogP contribution is -2.61. The van der Waals surface area contributed by atoms with E-state index in [1.165, 1.54) is 22.5 Å². The summed E-state index contributed by atoms with van der Waals surface area (Å²) in [6.45, 7) is 0. The Morgan fingerprint density at radius 3 is 2.26 bits per heavy atom. The smallest absolute Gasteiger partial charge is 0.162 e. The van der Waals surface area contributed by atoms with E-state index < -0.39 is 0 Å². The monoisotopic (exact) mass is 561 g/mol. The van der Waals surface area contributed by atoms with Crippen molar-refractivity contribution in [1.29, 1.82) is 0 Å². The summed E-state index contributed by atoms with van der Waals surface area (Å²) in [6, 6.07) is 39.2. The van der Waals surface area contributed by atoms with Crippen molar-refractivity contribution in [2.24, 2.45) is 11.0 Å². The van der Waals surface area contributed by atoms with Crippen LogP contribution in [0.15, 0.2) is 127 Å². The molecule has 1 aromatic heterocycles. The van der Waals surface area contributed by atoms with Gasteiger partial charge in [-0.25, -0.2) is 15.0 Å². The number of aryl methyl sites for hydroxylation is 1. The summed E-state index contributed by atoms with van der Waals surface area (Å²) in [4.78, 5) is 16.7. The highest BCUT2D eigenvalue weighted by Gasteiger charge is 2.57. The minimum absolute atomic E-state index is 0.00413. The quantitative estimate of drug-likeness (QED) is 0.237. The zero-order valence-corrected chi connectivity index (χ0v) is 23.9. The minimum atomic E-state index is -0.0556. The third-order valence-electron chi connectivity index (χ3n) is 9.67. The number of hydrazone groups is 1. The van der Waals surface area contributed by atoms with Gasteiger partial charge in [-0.1, -0.05) is 84.9 Å². The SMILES string of the molecule is CN1c2cncnc2N2c3ccccc3CCC3c4ccccc4N4N=C(c5ccccc5)N(c5ccccc5)C4C3C12. The Kier molecular flexibility index (Phi) is 5.35. The molecule has 0 N–H and O–H groups in total. The Morgan fingerprint density at radius 1 is 0.698 bits per heavy atom. The molecule has 43 heavy (non-hydrogen) atoms. The van der Waals surface area contributed by atoms with Crippen LogP contribution < -0.4 is 19.7 Å². The highest BCUT2D eigenvalue weighted by molar-refractivity contribution is 6.13. The Morgan fingerprint density at radius 2 is 1.42 bits per heavy atom. The van der Waals surface area contributed by atoms with E-state index in [0.717, 1.165) is 41.4 Å². The average Bonchev–Trinajstić information content (AvgIpc) is 3.60. The molecule has 210 valence electrons. The first kappa shape index (κ1) is 24.4. The lowest BCUT2D eigenvalue weighted by atomic mass is 9.73. The van der Waals surface area contributed by atoms with E-state index in [4.69, 9.17) is 10.1 Å². The molecule has 0 saturated heterocycles. The van der Waals surface area contributed by atoms with E-state index in [1.807, 2.05) is 6.20 Å². The molecule has 9 rings (SSSR count). The summed E-state index contributed by atoms with van der Waals surface area (Å²) < 4.78 is 0. The molecule has 0 aliphatic carbocycles. The van der Waals surface area contributed by atoms with Gasteiger partial charge in [0.2, 0.25) is 0 Å². The molecule has 4 atom stereocenters. The first-order valence-electron chi connectivity index (χ1n) is 15.1. The summed E-state index contributed by atoms with van der Waals surface area (Å²) in [7, 11) is 2.21. The molecule has 0 amide bonds. The number of para-hydroxylation sites is 3. The number of hydrogen-bond acceptors (Lipinski definition) is 7. The first-order valence-corrected chi connectivity index (χ1v) is 15.1. The molecule has 0 bridgehead atoms. The van der Waals surface area contributed by atoms with Crippen LogP contribution >= 0.6 is 0 Å². The Hall–Kier alpha value is -5.17. The van der Waals surface area contributed by atoms with Gasteiger partial charge in [0.1, 0.15) is 24.3 Å². The third kappa shape index (κ3) is 3.51. The molecule has 7 nitrogen and oxygen atoms in total. The zero-order valence-electron chi connectivity index (χ0n) is 23.9. The fourth-order valence-electron chi connectivity index (χ4n) is 7.90. The van der Waals surface area contributed by atoms with Crippen molar-refractivity contribution in [3.8, 4) is 0 Å². The molecular formula is C36H31N7. The molecule has 0 spiro atoms. The molecule has 0 radical (unpaired) electrons. The maximum absolute atomic E-state index is 5.47. The first-order chi connectivity index (χ1) is 21.3. The summed E-state index contributed by atoms with van der Waals surface area (Å²) in [5, 5.41) is 7.77. The zero-order chi connectivity index (χ0) is 28.5. The lowest BCUT2D eigenvalue weighted by molar-refractivity contribution is 0.266. The molecule has 0 saturated carbocycles. The number of anilines is 5. The topological polar surface area (TPSA) is 51.1 Å². The number of aromatic nitrogens is 2. The standard InChI is InChI=1S/C36H31N7/c1-40-31-22-37-23-38-34(31)42-29-18-10-8-12-24(29)20-21-28-27-17-9-11-19-30(27)43-36(32(28)35(40)42)41(26-15-6-3-7-16-26)33(39-43)25-13-4-2-5-14-25/h2-19,22-23,28,32,35-36H,20-21H2,1H3. The molecule has 7 heteroatoms. The van der Waals surface area contributed by atoms with E-state index in [9.17, 15) is 0 Å². The number of rotatable bonds is 2. The second-order valence-electron chi connectivity index (χ2n) is 11.8. The number of fused-ring (bicyclic) bond motifs is 12. The van der Waals surface area contributed by atoms with Gasteiger partial charge in [-0.05, 0) is 54.2 Å². The van der Waals surface area contributed by atoms with Gasteiger partial charge in [0.15, 0.2) is 11.7 Å². The molecule has 4 aromatic carbocycles. The number of amidine groups is 1. The van der Waals surface area contributed by atoms with Crippen molar-refractivity contribution in [3.05, 3.63) is 138 Å². The van der Waals surface area contributed by atoms with E-state index in [1.54, 1.807) is 6.33 Å². The molecule has 4 unspecified atom stereocenters. The van der Waals surface area contributed by atoms with Crippen molar-refractivity contribution in [1.82, 2.24) is 9.97 Å². The van der Waals surface area contributed by atoms with Gasteiger partial charge in [-0.15, -0.1) is 0 Å². The van der Waals surface area contributed by atoms with Gasteiger partial charge < -0.3 is 14.7 Å². The Bertz CT molecular complexity index is 1860. The number of nitrogens with zero attached hydrogens (tertiary/aromatic N) is 7. The molecule has 4 aliphatic rings. The second-order valence-corrected chi connectivity index (χ2v) is 11.8. The van der Waals surface area contributed by atoms with Crippen molar-refractivity contribution in [2.75, 3.05) is 26.8 Å². The van der Waals surface area contributed by atoms with E-state index in [0.29, 0.717) is 5.92 Å². The van der Waals surface area contributed by atoms with Gasteiger partial charge in [0, 0.05) is 29.9 Å². The van der Waals surface area contributed by atoms with Crippen LogP contribution in [0, 0.1) is 5.92 Å². The van der Waals surface area contributed by atoms with Crippen LogP contribution in [0.2, 0.25) is 0 Å². The predicted molar refractivity (Wildman–Crippen MR) is 172 cm³/mol. The molecular weight excluding hydrogens is 530 g/mol. The van der Waals surface area contributed by atoms with Crippen LogP contribution in [0.1, 0.15) is 29.0 Å². The van der Waals surface area contributed by atoms with Gasteiger partial charge in [-0.2, -0.15) is 5.10 Å². The average molecular weight is 562 g/mol. The summed E-state index contributed by atoms with van der Waals surface area (Å²) >= 11 is 0. The van der Waals surface area contributed by atoms with Crippen molar-refractivity contribution in [2.45, 2.75) is 31.1 Å². The number of hydrogen-bond donors (Lipinski definition) is 0. The predicted octanol–water partition coefficient (Wildman–Crippen LogP) is 6.76. The minimum Gasteiger partial charge on any atom is -0.349 e. The number of benzene rings is 4. The summed E-state index contributed by atoms with van der Waals surface area (Å²) in [6.07, 6.45) is 5.62. The van der Waals surface area contributed by atoms with Crippen LogP contribution in [-0.4, -0.2) is 35.2 Å². The summed E-state index contributed by atoms with van der Waals surface area (Å²) in [5.74, 6) is 2.38. The van der Waals surface area contributed by atoms with E-state index in [2.05, 4.69) is 141 Å². The van der Waals surface area contributed by atoms with Crippen molar-refractivity contribution in [3.63, 3.8) is 0 Å². The van der Waals surface area contributed by atoms with Crippen LogP contribution in [0.4, 0.5) is 28.6 Å². The normalized spacial score (nSPS) is 23.2. The van der Waals surface area contributed by atoms with Gasteiger partial charge in [0.25, 0.3) is 0 Å². The van der Waals surface area contributed by atoms with Crippen LogP contribution in [-0.2, 0) is 6.42 Å². The summed E-state index contributed by atoms with van der Waals surface area (Å²) in [5.41, 5.74) is 8.46. The fraction of sp³-hybridized carbons (Fsp3) is 0.194. The van der Waals surface area contributed by atoms with Crippen LogP contribution in [0.5, 0.6) is 0 Å². The maximum atomic E-state index is 5.47. The Balaban J connectivity index is 1.32. The third-order valence-corrected chi connectivity index (χ3v) is 9.67. The van der Waals surface area contributed by atoms with Crippen molar-refractivity contribution < 1.29 is 0 Å². The van der Waals surface area contributed by atoms with E-state index >= 15 is 0 Å². The lowest BCUT2D eigenvalue weighted by Gasteiger charge is -2.51. The highest BCUT2D eigenvalue weighted by atomic mass is 15.6. The molecule has 5 aromatic rings. The van der Waals surface area contributed by atoms with Gasteiger partial charge >= 0.3 is 0 Å². The largest absolute Gasteiger partial charge is 0.349 e. The van der Waals surface area contributed by atoms with Crippen LogP contribution in [0.3, 0.4) is 0 Å².